The third kappa shape index (κ3) is 3.41. The first-order valence-corrected chi connectivity index (χ1v) is 8.70. The first-order chi connectivity index (χ1) is 11.4. The van der Waals surface area contributed by atoms with Gasteiger partial charge in [0, 0.05) is 5.56 Å². The highest BCUT2D eigenvalue weighted by Gasteiger charge is 2.12. The van der Waals surface area contributed by atoms with Gasteiger partial charge in [0.15, 0.2) is 5.13 Å². The number of ether oxygens (including phenoxy) is 1. The number of carbonyl (C=O) groups is 1. The van der Waals surface area contributed by atoms with Crippen LogP contribution in [0, 0.1) is 13.8 Å². The molecule has 0 fully saturated rings. The Bertz CT molecular complexity index is 882. The van der Waals surface area contributed by atoms with E-state index >= 15 is 0 Å². The molecule has 0 saturated heterocycles. The van der Waals surface area contributed by atoms with E-state index in [1.54, 1.807) is 24.3 Å². The second kappa shape index (κ2) is 6.61. The zero-order valence-corrected chi connectivity index (χ0v) is 15.0. The van der Waals surface area contributed by atoms with E-state index in [4.69, 9.17) is 4.74 Å². The molecule has 5 heteroatoms. The van der Waals surface area contributed by atoms with E-state index < -0.39 is 0 Å². The van der Waals surface area contributed by atoms with Crippen LogP contribution in [-0.2, 0) is 0 Å². The summed E-state index contributed by atoms with van der Waals surface area (Å²) >= 11 is 1.49. The lowest BCUT2D eigenvalue weighted by atomic mass is 10.1. The van der Waals surface area contributed by atoms with E-state index in [0.717, 1.165) is 21.5 Å². The Hall–Kier alpha value is -2.40. The summed E-state index contributed by atoms with van der Waals surface area (Å²) in [5, 5.41) is 3.50. The average Bonchev–Trinajstić information content (AvgIpc) is 2.94. The van der Waals surface area contributed by atoms with Gasteiger partial charge in [0.05, 0.1) is 16.3 Å². The van der Waals surface area contributed by atoms with E-state index in [1.165, 1.54) is 16.9 Å². The van der Waals surface area contributed by atoms with E-state index in [-0.39, 0.29) is 12.0 Å². The van der Waals surface area contributed by atoms with Crippen molar-refractivity contribution in [2.24, 2.45) is 0 Å². The summed E-state index contributed by atoms with van der Waals surface area (Å²) in [5.41, 5.74) is 3.89. The Morgan fingerprint density at radius 2 is 1.83 bits per heavy atom. The predicted molar refractivity (Wildman–Crippen MR) is 99.3 cm³/mol. The summed E-state index contributed by atoms with van der Waals surface area (Å²) in [4.78, 5) is 16.9. The van der Waals surface area contributed by atoms with Crippen molar-refractivity contribution in [2.75, 3.05) is 5.32 Å². The Morgan fingerprint density at radius 1 is 1.12 bits per heavy atom. The molecule has 1 N–H and O–H groups in total. The van der Waals surface area contributed by atoms with Crippen molar-refractivity contribution >= 4 is 32.6 Å². The maximum absolute atomic E-state index is 12.4. The maximum Gasteiger partial charge on any atom is 0.257 e. The number of hydrogen-bond acceptors (Lipinski definition) is 4. The second-order valence-corrected chi connectivity index (χ2v) is 7.05. The zero-order chi connectivity index (χ0) is 17.3. The number of anilines is 1. The lowest BCUT2D eigenvalue weighted by Crippen LogP contribution is -2.12. The van der Waals surface area contributed by atoms with Gasteiger partial charge in [-0.1, -0.05) is 17.4 Å². The molecule has 124 valence electrons. The number of carbonyl (C=O) groups excluding carboxylic acids is 1. The molecule has 24 heavy (non-hydrogen) atoms. The van der Waals surface area contributed by atoms with Crippen LogP contribution in [-0.4, -0.2) is 17.0 Å². The molecule has 0 bridgehead atoms. The first kappa shape index (κ1) is 16.5. The number of thiazole rings is 1. The topological polar surface area (TPSA) is 51.2 Å². The average molecular weight is 340 g/mol. The van der Waals surface area contributed by atoms with Crippen molar-refractivity contribution in [2.45, 2.75) is 33.8 Å². The van der Waals surface area contributed by atoms with Gasteiger partial charge >= 0.3 is 0 Å². The van der Waals surface area contributed by atoms with Crippen LogP contribution in [0.1, 0.15) is 35.3 Å². The fraction of sp³-hybridized carbons (Fsp3) is 0.263. The number of fused-ring (bicyclic) bond motifs is 1. The summed E-state index contributed by atoms with van der Waals surface area (Å²) in [6.45, 7) is 8.05. The van der Waals surface area contributed by atoms with Crippen LogP contribution >= 0.6 is 11.3 Å². The third-order valence-electron chi connectivity index (χ3n) is 3.79. The van der Waals surface area contributed by atoms with E-state index in [0.29, 0.717) is 10.7 Å². The summed E-state index contributed by atoms with van der Waals surface area (Å²) < 4.78 is 6.67. The molecule has 1 aromatic heterocycles. The number of amides is 1. The summed E-state index contributed by atoms with van der Waals surface area (Å²) in [6.07, 6.45) is 0.110. The minimum absolute atomic E-state index is 0.110. The molecular weight excluding hydrogens is 320 g/mol. The van der Waals surface area contributed by atoms with Crippen LogP contribution in [0.4, 0.5) is 5.13 Å². The Labute approximate surface area is 145 Å². The molecule has 0 spiro atoms. The van der Waals surface area contributed by atoms with Crippen LogP contribution in [0.25, 0.3) is 10.2 Å². The highest BCUT2D eigenvalue weighted by atomic mass is 32.1. The standard InChI is InChI=1S/C19H20N2O2S/c1-11(2)23-15-8-6-14(7-9-15)18(22)21-19-20-17-13(4)12(3)5-10-16(17)24-19/h5-11H,1-4H3,(H,20,21,22). The number of rotatable bonds is 4. The quantitative estimate of drug-likeness (QED) is 0.731. The Morgan fingerprint density at radius 3 is 2.50 bits per heavy atom. The van der Waals surface area contributed by atoms with Gasteiger partial charge in [-0.15, -0.1) is 0 Å². The van der Waals surface area contributed by atoms with Crippen molar-refractivity contribution in [3.05, 3.63) is 53.1 Å². The minimum atomic E-state index is -0.167. The van der Waals surface area contributed by atoms with E-state index in [2.05, 4.69) is 30.2 Å². The second-order valence-electron chi connectivity index (χ2n) is 6.02. The number of aromatic nitrogens is 1. The molecule has 1 amide bonds. The van der Waals surface area contributed by atoms with Crippen LogP contribution in [0.15, 0.2) is 36.4 Å². The first-order valence-electron chi connectivity index (χ1n) is 7.89. The molecule has 0 aliphatic carbocycles. The van der Waals surface area contributed by atoms with Gasteiger partial charge in [-0.2, -0.15) is 0 Å². The summed E-state index contributed by atoms with van der Waals surface area (Å²) in [5.74, 6) is 0.590. The SMILES string of the molecule is Cc1ccc2sc(NC(=O)c3ccc(OC(C)C)cc3)nc2c1C. The lowest BCUT2D eigenvalue weighted by molar-refractivity contribution is 0.102. The van der Waals surface area contributed by atoms with Crippen molar-refractivity contribution in [3.63, 3.8) is 0 Å². The molecule has 0 aliphatic heterocycles. The number of nitrogens with zero attached hydrogens (tertiary/aromatic N) is 1. The highest BCUT2D eigenvalue weighted by molar-refractivity contribution is 7.22. The molecule has 4 nitrogen and oxygen atoms in total. The van der Waals surface area contributed by atoms with Crippen molar-refractivity contribution in [3.8, 4) is 5.75 Å². The monoisotopic (exact) mass is 340 g/mol. The van der Waals surface area contributed by atoms with E-state index in [9.17, 15) is 4.79 Å². The number of benzene rings is 2. The number of hydrogen-bond donors (Lipinski definition) is 1. The normalized spacial score (nSPS) is 11.0. The van der Waals surface area contributed by atoms with Gasteiger partial charge in [-0.3, -0.25) is 10.1 Å². The Kier molecular flexibility index (Phi) is 4.53. The van der Waals surface area contributed by atoms with Gasteiger partial charge in [-0.25, -0.2) is 4.98 Å². The van der Waals surface area contributed by atoms with Gasteiger partial charge in [-0.05, 0) is 69.2 Å². The molecule has 1 heterocycles. The predicted octanol–water partition coefficient (Wildman–Crippen LogP) is 4.95. The maximum atomic E-state index is 12.4. The molecule has 0 aliphatic rings. The van der Waals surface area contributed by atoms with Crippen molar-refractivity contribution in [1.82, 2.24) is 4.98 Å². The molecule has 0 unspecified atom stereocenters. The number of nitrogens with one attached hydrogen (secondary N) is 1. The van der Waals surface area contributed by atoms with Crippen LogP contribution < -0.4 is 10.1 Å². The summed E-state index contributed by atoms with van der Waals surface area (Å²) in [6, 6.07) is 11.3. The summed E-state index contributed by atoms with van der Waals surface area (Å²) in [7, 11) is 0. The van der Waals surface area contributed by atoms with Gasteiger partial charge in [0.1, 0.15) is 5.75 Å². The number of aryl methyl sites for hydroxylation is 2. The van der Waals surface area contributed by atoms with Crippen molar-refractivity contribution in [1.29, 1.82) is 0 Å². The van der Waals surface area contributed by atoms with Gasteiger partial charge in [0.25, 0.3) is 5.91 Å². The molecule has 0 saturated carbocycles. The van der Waals surface area contributed by atoms with Crippen LogP contribution in [0.5, 0.6) is 5.75 Å². The van der Waals surface area contributed by atoms with Crippen LogP contribution in [0.3, 0.4) is 0 Å². The lowest BCUT2D eigenvalue weighted by Gasteiger charge is -2.09. The zero-order valence-electron chi connectivity index (χ0n) is 14.2. The van der Waals surface area contributed by atoms with E-state index in [1.807, 2.05) is 19.9 Å². The molecular formula is C19H20N2O2S. The largest absolute Gasteiger partial charge is 0.491 e. The fourth-order valence-electron chi connectivity index (χ4n) is 2.41. The fourth-order valence-corrected chi connectivity index (χ4v) is 3.33. The molecule has 2 aromatic carbocycles. The van der Waals surface area contributed by atoms with Crippen molar-refractivity contribution < 1.29 is 9.53 Å². The van der Waals surface area contributed by atoms with Gasteiger partial charge in [0.2, 0.25) is 0 Å². The van der Waals surface area contributed by atoms with Crippen LogP contribution in [0.2, 0.25) is 0 Å². The molecule has 0 radical (unpaired) electrons. The highest BCUT2D eigenvalue weighted by Crippen LogP contribution is 2.30. The van der Waals surface area contributed by atoms with Gasteiger partial charge < -0.3 is 4.74 Å². The molecule has 3 aromatic rings. The molecule has 0 atom stereocenters. The minimum Gasteiger partial charge on any atom is -0.491 e. The Balaban J connectivity index is 1.78. The third-order valence-corrected chi connectivity index (χ3v) is 4.73. The smallest absolute Gasteiger partial charge is 0.257 e. The molecule has 3 rings (SSSR count).